The van der Waals surface area contributed by atoms with Gasteiger partial charge >= 0.3 is 6.18 Å². The van der Waals surface area contributed by atoms with Crippen molar-refractivity contribution in [1.82, 2.24) is 20.1 Å². The van der Waals surface area contributed by atoms with Gasteiger partial charge in [-0.1, -0.05) is 0 Å². The number of ether oxygens (including phenoxy) is 1. The molecule has 0 radical (unpaired) electrons. The van der Waals surface area contributed by atoms with E-state index in [0.29, 0.717) is 16.9 Å². The van der Waals surface area contributed by atoms with Crippen LogP contribution in [0.15, 0.2) is 36.4 Å². The number of hydrogen-bond acceptors (Lipinski definition) is 7. The first-order valence-electron chi connectivity index (χ1n) is 10.2. The number of rotatable bonds is 8. The van der Waals surface area contributed by atoms with Crippen LogP contribution in [-0.2, 0) is 18.0 Å². The second-order valence-corrected chi connectivity index (χ2v) is 7.72. The van der Waals surface area contributed by atoms with Gasteiger partial charge in [0.2, 0.25) is 5.95 Å². The number of nitrogens with two attached hydrogens (primary N) is 1. The molecule has 3 aromatic rings. The third-order valence-electron chi connectivity index (χ3n) is 4.61. The molecule has 1 amide bonds. The topological polar surface area (TPSA) is 131 Å². The van der Waals surface area contributed by atoms with Crippen molar-refractivity contribution in [3.8, 4) is 17.1 Å². The maximum Gasteiger partial charge on any atom is 0.419 e. The Morgan fingerprint density at radius 2 is 2.00 bits per heavy atom. The number of amides is 1. The summed E-state index contributed by atoms with van der Waals surface area (Å²) in [5.74, 6) is -0.661. The quantitative estimate of drug-likeness (QED) is 0.290. The second-order valence-electron chi connectivity index (χ2n) is 7.72. The molecule has 0 saturated carbocycles. The van der Waals surface area contributed by atoms with Crippen LogP contribution >= 0.6 is 0 Å². The Morgan fingerprint density at radius 3 is 2.65 bits per heavy atom. The number of carbonyl (C=O) groups excluding carboxylic acids is 1. The normalized spacial score (nSPS) is 11.4. The van der Waals surface area contributed by atoms with E-state index in [-0.39, 0.29) is 23.4 Å². The average molecular weight is 475 g/mol. The lowest BCUT2D eigenvalue weighted by Crippen LogP contribution is -2.34. The number of halogens is 3. The first kappa shape index (κ1) is 24.6. The van der Waals surface area contributed by atoms with Gasteiger partial charge in [-0.25, -0.2) is 4.68 Å². The summed E-state index contributed by atoms with van der Waals surface area (Å²) in [5.41, 5.74) is 6.37. The van der Waals surface area contributed by atoms with Gasteiger partial charge in [0.1, 0.15) is 5.75 Å². The molecule has 12 heteroatoms. The Labute approximate surface area is 193 Å². The van der Waals surface area contributed by atoms with E-state index in [0.717, 1.165) is 18.3 Å². The fraction of sp³-hybridized carbons (Fsp3) is 0.273. The van der Waals surface area contributed by atoms with Crippen molar-refractivity contribution >= 4 is 29.4 Å². The van der Waals surface area contributed by atoms with Crippen molar-refractivity contribution in [3.63, 3.8) is 0 Å². The lowest BCUT2D eigenvalue weighted by Gasteiger charge is -2.15. The molecular formula is C22H24F3N7O2. The monoisotopic (exact) mass is 475 g/mol. The Morgan fingerprint density at radius 1 is 1.26 bits per heavy atom. The highest BCUT2D eigenvalue weighted by atomic mass is 19.4. The molecule has 0 unspecified atom stereocenters. The number of alkyl halides is 3. The van der Waals surface area contributed by atoms with Crippen LogP contribution in [0.1, 0.15) is 25.0 Å². The van der Waals surface area contributed by atoms with Crippen LogP contribution in [0.2, 0.25) is 0 Å². The minimum Gasteiger partial charge on any atom is -0.483 e. The van der Waals surface area contributed by atoms with Gasteiger partial charge in [0.25, 0.3) is 5.91 Å². The molecular weight excluding hydrogens is 451 g/mol. The van der Waals surface area contributed by atoms with Gasteiger partial charge in [-0.2, -0.15) is 18.2 Å². The first-order chi connectivity index (χ1) is 16.0. The third-order valence-corrected chi connectivity index (χ3v) is 4.61. The third kappa shape index (κ3) is 5.82. The largest absolute Gasteiger partial charge is 0.483 e. The van der Waals surface area contributed by atoms with Gasteiger partial charge in [-0.3, -0.25) is 4.79 Å². The lowest BCUT2D eigenvalue weighted by atomic mass is 10.1. The predicted octanol–water partition coefficient (Wildman–Crippen LogP) is 3.73. The number of aromatic nitrogens is 3. The summed E-state index contributed by atoms with van der Waals surface area (Å²) in [6.45, 7) is 2.92. The number of aryl methyl sites for hydroxylation is 1. The van der Waals surface area contributed by atoms with Crippen molar-refractivity contribution in [2.75, 3.05) is 17.7 Å². The molecule has 0 aliphatic rings. The van der Waals surface area contributed by atoms with Gasteiger partial charge in [0, 0.05) is 41.8 Å². The van der Waals surface area contributed by atoms with E-state index >= 15 is 0 Å². The Bertz CT molecular complexity index is 1210. The van der Waals surface area contributed by atoms with Crippen LogP contribution in [0.4, 0.5) is 30.5 Å². The van der Waals surface area contributed by atoms with E-state index in [9.17, 15) is 18.0 Å². The van der Waals surface area contributed by atoms with Gasteiger partial charge in [-0.15, -0.1) is 5.10 Å². The van der Waals surface area contributed by atoms with Crippen molar-refractivity contribution in [2.24, 2.45) is 7.05 Å². The van der Waals surface area contributed by atoms with Crippen molar-refractivity contribution in [1.29, 1.82) is 5.41 Å². The van der Waals surface area contributed by atoms with Gasteiger partial charge in [0.05, 0.1) is 5.56 Å². The molecule has 3 rings (SSSR count). The lowest BCUT2D eigenvalue weighted by molar-refractivity contribution is -0.139. The number of carbonyl (C=O) groups is 1. The van der Waals surface area contributed by atoms with E-state index in [1.54, 1.807) is 39.1 Å². The van der Waals surface area contributed by atoms with E-state index < -0.39 is 30.0 Å². The molecule has 0 atom stereocenters. The molecule has 0 bridgehead atoms. The molecule has 180 valence electrons. The number of nitrogen functional groups attached to an aromatic ring is 1. The fourth-order valence-electron chi connectivity index (χ4n) is 3.05. The molecule has 0 spiro atoms. The number of anilines is 3. The molecule has 0 aliphatic carbocycles. The molecule has 1 aromatic heterocycles. The standard InChI is InChI=1S/C22H24F3N7O2/c1-12(2)28-19(33)11-34-18-7-4-13(9-16(18)22(23,24)25)20-30-21(32(3)31-20)29-15-5-6-17(27)14(8-15)10-26/h4-10,12,26H,11,27H2,1-3H3,(H,28,33)(H,29,30,31). The van der Waals surface area contributed by atoms with Gasteiger partial charge < -0.3 is 26.5 Å². The zero-order valence-corrected chi connectivity index (χ0v) is 18.7. The molecule has 0 aliphatic heterocycles. The number of nitrogens with zero attached hydrogens (tertiary/aromatic N) is 3. The number of benzene rings is 2. The maximum absolute atomic E-state index is 13.7. The minimum absolute atomic E-state index is 0.0577. The van der Waals surface area contributed by atoms with Crippen LogP contribution in [0.25, 0.3) is 11.4 Å². The van der Waals surface area contributed by atoms with Crippen molar-refractivity contribution in [3.05, 3.63) is 47.5 Å². The van der Waals surface area contributed by atoms with Crippen molar-refractivity contribution < 1.29 is 22.7 Å². The van der Waals surface area contributed by atoms with Crippen LogP contribution in [0.3, 0.4) is 0 Å². The summed E-state index contributed by atoms with van der Waals surface area (Å²) < 4.78 is 47.6. The zero-order chi connectivity index (χ0) is 25.0. The Balaban J connectivity index is 1.87. The highest BCUT2D eigenvalue weighted by Gasteiger charge is 2.35. The summed E-state index contributed by atoms with van der Waals surface area (Å²) in [6.07, 6.45) is -3.61. The predicted molar refractivity (Wildman–Crippen MR) is 122 cm³/mol. The van der Waals surface area contributed by atoms with E-state index in [2.05, 4.69) is 20.7 Å². The van der Waals surface area contributed by atoms with Crippen LogP contribution in [0, 0.1) is 5.41 Å². The summed E-state index contributed by atoms with van der Waals surface area (Å²) in [5, 5.41) is 17.2. The van der Waals surface area contributed by atoms with E-state index in [1.165, 1.54) is 10.7 Å². The maximum atomic E-state index is 13.7. The SMILES string of the molecule is CC(C)NC(=O)COc1ccc(-c2nc(Nc3ccc(N)c(C=N)c3)n(C)n2)cc1C(F)(F)F. The zero-order valence-electron chi connectivity index (χ0n) is 18.7. The van der Waals surface area contributed by atoms with Crippen LogP contribution in [0.5, 0.6) is 5.75 Å². The Kier molecular flexibility index (Phi) is 7.08. The van der Waals surface area contributed by atoms with Gasteiger partial charge in [0.15, 0.2) is 12.4 Å². The molecule has 2 aromatic carbocycles. The van der Waals surface area contributed by atoms with Crippen LogP contribution in [-0.4, -0.2) is 39.5 Å². The minimum atomic E-state index is -4.72. The van der Waals surface area contributed by atoms with Crippen molar-refractivity contribution in [2.45, 2.75) is 26.1 Å². The second kappa shape index (κ2) is 9.81. The molecule has 9 nitrogen and oxygen atoms in total. The summed E-state index contributed by atoms with van der Waals surface area (Å²) in [7, 11) is 1.59. The molecule has 0 fully saturated rings. The summed E-state index contributed by atoms with van der Waals surface area (Å²) in [4.78, 5) is 16.1. The van der Waals surface area contributed by atoms with E-state index in [1.807, 2.05) is 0 Å². The fourth-order valence-corrected chi connectivity index (χ4v) is 3.05. The van der Waals surface area contributed by atoms with Crippen LogP contribution < -0.4 is 21.1 Å². The summed E-state index contributed by atoms with van der Waals surface area (Å²) >= 11 is 0. The first-order valence-corrected chi connectivity index (χ1v) is 10.2. The number of hydrogen-bond donors (Lipinski definition) is 4. The highest BCUT2D eigenvalue weighted by Crippen LogP contribution is 2.38. The molecule has 0 saturated heterocycles. The Hall–Kier alpha value is -4.09. The average Bonchev–Trinajstić information content (AvgIpc) is 3.12. The van der Waals surface area contributed by atoms with E-state index in [4.69, 9.17) is 15.9 Å². The molecule has 1 heterocycles. The molecule has 34 heavy (non-hydrogen) atoms. The summed E-state index contributed by atoms with van der Waals surface area (Å²) in [6, 6.07) is 8.19. The van der Waals surface area contributed by atoms with Gasteiger partial charge in [-0.05, 0) is 50.2 Å². The highest BCUT2D eigenvalue weighted by molar-refractivity contribution is 5.87. The molecule has 5 N–H and O–H groups in total. The number of nitrogens with one attached hydrogen (secondary N) is 3. The smallest absolute Gasteiger partial charge is 0.419 e.